The number of aliphatic hydroxyl groups is 1. The first-order valence-electron chi connectivity index (χ1n) is 20.2. The molecule has 5 rings (SSSR count). The Balaban J connectivity index is 1.59. The van der Waals surface area contributed by atoms with E-state index in [4.69, 9.17) is 33.2 Å². The Hall–Kier alpha value is -3.20. The highest BCUT2D eigenvalue weighted by atomic mass is 16.7. The maximum atomic E-state index is 14.5. The number of hydrogen-bond acceptors (Lipinski definition) is 13. The minimum absolute atomic E-state index is 0.0126. The van der Waals surface area contributed by atoms with Gasteiger partial charge in [0.15, 0.2) is 6.29 Å². The molecule has 0 radical (unpaired) electrons. The summed E-state index contributed by atoms with van der Waals surface area (Å²) in [7, 11) is 3.79. The Kier molecular flexibility index (Phi) is 14.2. The van der Waals surface area contributed by atoms with Crippen LogP contribution >= 0.6 is 0 Å². The van der Waals surface area contributed by atoms with E-state index in [9.17, 15) is 24.3 Å². The number of carbonyl (C=O) groups is 4. The van der Waals surface area contributed by atoms with Crippen molar-refractivity contribution in [2.75, 3.05) is 27.3 Å². The van der Waals surface area contributed by atoms with E-state index < -0.39 is 89.4 Å². The van der Waals surface area contributed by atoms with Crippen molar-refractivity contribution in [2.45, 2.75) is 142 Å². The van der Waals surface area contributed by atoms with Gasteiger partial charge in [-0.3, -0.25) is 14.4 Å². The number of rotatable bonds is 7. The fraction of sp³-hybridized carbons (Fsp3) is 0.721. The van der Waals surface area contributed by atoms with Crippen molar-refractivity contribution in [1.29, 1.82) is 0 Å². The van der Waals surface area contributed by atoms with E-state index in [0.717, 1.165) is 5.56 Å². The van der Waals surface area contributed by atoms with Gasteiger partial charge in [-0.15, -0.1) is 0 Å². The van der Waals surface area contributed by atoms with Gasteiger partial charge >= 0.3 is 17.9 Å². The van der Waals surface area contributed by atoms with Gasteiger partial charge in [-0.2, -0.15) is 0 Å². The summed E-state index contributed by atoms with van der Waals surface area (Å²) in [5.41, 5.74) is -1.21. The molecule has 13 heteroatoms. The molecule has 312 valence electrons. The van der Waals surface area contributed by atoms with E-state index in [1.165, 1.54) is 6.08 Å². The second kappa shape index (κ2) is 18.2. The summed E-state index contributed by atoms with van der Waals surface area (Å²) in [6, 6.07) is 9.06. The molecule has 2 bridgehead atoms. The molecular formula is C43H63NO12. The normalized spacial score (nSPS) is 40.9. The quantitative estimate of drug-likeness (QED) is 0.229. The second-order valence-electron chi connectivity index (χ2n) is 17.1. The molecule has 14 atom stereocenters. The molecule has 1 N–H and O–H groups in total. The van der Waals surface area contributed by atoms with E-state index in [1.54, 1.807) is 20.8 Å². The molecule has 0 unspecified atom stereocenters. The lowest BCUT2D eigenvalue weighted by atomic mass is 9.70. The van der Waals surface area contributed by atoms with Crippen molar-refractivity contribution in [3.63, 3.8) is 0 Å². The molecule has 4 aliphatic heterocycles. The maximum absolute atomic E-state index is 14.5. The Morgan fingerprint density at radius 1 is 1.02 bits per heavy atom. The van der Waals surface area contributed by atoms with Crippen LogP contribution in [0.3, 0.4) is 0 Å². The van der Waals surface area contributed by atoms with Crippen LogP contribution < -0.4 is 0 Å². The Bertz CT molecular complexity index is 1580. The molecule has 4 aliphatic rings. The summed E-state index contributed by atoms with van der Waals surface area (Å²) >= 11 is 0. The van der Waals surface area contributed by atoms with E-state index in [0.29, 0.717) is 18.4 Å². The van der Waals surface area contributed by atoms with Crippen LogP contribution in [-0.4, -0.2) is 115 Å². The number of fused-ring (bicyclic) bond motifs is 4. The number of likely N-dealkylation sites (N-methyl/N-ethyl adjacent to an activating group) is 1. The molecule has 0 saturated carbocycles. The molecule has 0 spiro atoms. The highest BCUT2D eigenvalue weighted by Crippen LogP contribution is 2.46. The second-order valence-corrected chi connectivity index (χ2v) is 17.1. The molecule has 0 amide bonds. The molecular weight excluding hydrogens is 722 g/mol. The van der Waals surface area contributed by atoms with Gasteiger partial charge in [-0.25, -0.2) is 4.79 Å². The van der Waals surface area contributed by atoms with Crippen LogP contribution in [0.2, 0.25) is 0 Å². The molecule has 4 saturated heterocycles. The fourth-order valence-corrected chi connectivity index (χ4v) is 9.39. The average Bonchev–Trinajstić information content (AvgIpc) is 3.49. The standard InChI is InChI=1S/C43H63NO12/c1-11-33-43(8)31(19-35(46)56-43)26(4)36(47)24(2)20-42(7)39(55-41-37(48)32(44(9)10)17-25(3)53-41)27(5)38(28(6)40(49)54-33)51-22-30(23-52-42)18-34(45)50-21-29-15-13-12-14-16-29/h12-16,18,24-28,31-33,37-39,41,48H,11,17,19-23H2,1-10H3/t24-,25-,26-,27+,28-,31+,32+,33-,37-,38+,39-,41+,42-,43+/m1/s1. The Morgan fingerprint density at radius 2 is 1.71 bits per heavy atom. The zero-order chi connectivity index (χ0) is 41.1. The van der Waals surface area contributed by atoms with Crippen LogP contribution in [0.1, 0.15) is 86.6 Å². The van der Waals surface area contributed by atoms with E-state index >= 15 is 0 Å². The molecule has 0 aromatic heterocycles. The fourth-order valence-electron chi connectivity index (χ4n) is 9.39. The van der Waals surface area contributed by atoms with Crippen molar-refractivity contribution in [1.82, 2.24) is 4.90 Å². The minimum atomic E-state index is -1.27. The minimum Gasteiger partial charge on any atom is -0.458 e. The van der Waals surface area contributed by atoms with Crippen molar-refractivity contribution < 1.29 is 57.4 Å². The molecule has 4 heterocycles. The number of nitrogens with zero attached hydrogens (tertiary/aromatic N) is 1. The number of aliphatic hydroxyl groups excluding tert-OH is 1. The largest absolute Gasteiger partial charge is 0.458 e. The van der Waals surface area contributed by atoms with Gasteiger partial charge in [0.25, 0.3) is 0 Å². The van der Waals surface area contributed by atoms with Crippen molar-refractivity contribution >= 4 is 23.7 Å². The van der Waals surface area contributed by atoms with Crippen molar-refractivity contribution in [3.8, 4) is 0 Å². The number of ketones is 1. The van der Waals surface area contributed by atoms with Gasteiger partial charge in [-0.1, -0.05) is 58.0 Å². The summed E-state index contributed by atoms with van der Waals surface area (Å²) < 4.78 is 44.4. The zero-order valence-corrected chi connectivity index (χ0v) is 34.7. The predicted octanol–water partition coefficient (Wildman–Crippen LogP) is 4.80. The lowest BCUT2D eigenvalue weighted by molar-refractivity contribution is -0.302. The number of Topliss-reactive ketones (excluding diaryl/α,β-unsaturated/α-hetero) is 1. The van der Waals surface area contributed by atoms with E-state index in [-0.39, 0.29) is 50.6 Å². The monoisotopic (exact) mass is 785 g/mol. The molecule has 4 fully saturated rings. The predicted molar refractivity (Wildman–Crippen MR) is 205 cm³/mol. The van der Waals surface area contributed by atoms with Gasteiger partial charge in [0.05, 0.1) is 49.5 Å². The highest BCUT2D eigenvalue weighted by Gasteiger charge is 2.57. The van der Waals surface area contributed by atoms with Crippen LogP contribution in [0.5, 0.6) is 0 Å². The van der Waals surface area contributed by atoms with Gasteiger partial charge in [0, 0.05) is 35.8 Å². The number of hydrogen-bond donors (Lipinski definition) is 1. The number of carbonyl (C=O) groups excluding carboxylic acids is 4. The Morgan fingerprint density at radius 3 is 2.38 bits per heavy atom. The first-order valence-corrected chi connectivity index (χ1v) is 20.2. The Labute approximate surface area is 331 Å². The third kappa shape index (κ3) is 9.56. The van der Waals surface area contributed by atoms with Gasteiger partial charge < -0.3 is 43.2 Å². The van der Waals surface area contributed by atoms with Crippen LogP contribution in [0.25, 0.3) is 0 Å². The molecule has 56 heavy (non-hydrogen) atoms. The lowest BCUT2D eigenvalue weighted by Gasteiger charge is -2.48. The topological polar surface area (TPSA) is 156 Å². The zero-order valence-electron chi connectivity index (χ0n) is 34.7. The summed E-state index contributed by atoms with van der Waals surface area (Å²) in [6.45, 7) is 14.5. The SMILES string of the molecule is CC[C@H]1OC(=O)[C@H](C)[C@H]2OCC(=CC(=O)OCc3ccccc3)CO[C@](C)(C[C@@H](C)C(=O)[C@H](C)[C@@H]3CC(=O)O[C@]13C)[C@H](O[C@@H]1O[C@H](C)C[C@H](N(C)C)[C@H]1O)[C@H]2C. The molecule has 0 aliphatic carbocycles. The molecule has 13 nitrogen and oxygen atoms in total. The number of benzene rings is 1. The summed E-state index contributed by atoms with van der Waals surface area (Å²) in [6.07, 6.45) is -2.53. The van der Waals surface area contributed by atoms with Crippen molar-refractivity contribution in [2.24, 2.45) is 29.6 Å². The maximum Gasteiger partial charge on any atom is 0.331 e. The lowest BCUT2D eigenvalue weighted by Crippen LogP contribution is -2.60. The van der Waals surface area contributed by atoms with E-state index in [2.05, 4.69) is 0 Å². The number of esters is 3. The first kappa shape index (κ1) is 43.9. The average molecular weight is 786 g/mol. The van der Waals surface area contributed by atoms with Gasteiger partial charge in [0.1, 0.15) is 30.2 Å². The third-order valence-corrected chi connectivity index (χ3v) is 12.6. The smallest absolute Gasteiger partial charge is 0.331 e. The summed E-state index contributed by atoms with van der Waals surface area (Å²) in [4.78, 5) is 56.9. The first-order chi connectivity index (χ1) is 26.4. The molecule has 1 aromatic rings. The third-order valence-electron chi connectivity index (χ3n) is 12.6. The summed E-state index contributed by atoms with van der Waals surface area (Å²) in [5, 5.41) is 11.6. The van der Waals surface area contributed by atoms with Crippen molar-refractivity contribution in [3.05, 3.63) is 47.5 Å². The van der Waals surface area contributed by atoms with Gasteiger partial charge in [0.2, 0.25) is 0 Å². The van der Waals surface area contributed by atoms with Crippen LogP contribution in [0.4, 0.5) is 0 Å². The number of ether oxygens (including phenoxy) is 7. The van der Waals surface area contributed by atoms with Gasteiger partial charge in [-0.05, 0) is 72.2 Å². The highest BCUT2D eigenvalue weighted by molar-refractivity contribution is 5.85. The van der Waals surface area contributed by atoms with Crippen LogP contribution in [0.15, 0.2) is 42.0 Å². The van der Waals surface area contributed by atoms with Crippen LogP contribution in [-0.2, 0) is 58.9 Å². The molecule has 1 aromatic carbocycles. The van der Waals surface area contributed by atoms with E-state index in [1.807, 2.05) is 83.9 Å². The van der Waals surface area contributed by atoms with Crippen LogP contribution in [0, 0.1) is 29.6 Å². The summed E-state index contributed by atoms with van der Waals surface area (Å²) in [5.74, 6) is -5.01. The number of cyclic esters (lactones) is 1.